The van der Waals surface area contributed by atoms with Crippen LogP contribution in [-0.4, -0.2) is 108 Å². The van der Waals surface area contributed by atoms with Crippen molar-refractivity contribution in [2.24, 2.45) is 10.8 Å². The van der Waals surface area contributed by atoms with Crippen molar-refractivity contribution >= 4 is 23.6 Å². The van der Waals surface area contributed by atoms with Gasteiger partial charge in [0, 0.05) is 6.92 Å². The molecule has 0 aromatic rings. The molecule has 6 N–H and O–H groups in total. The van der Waals surface area contributed by atoms with Crippen molar-refractivity contribution in [2.75, 3.05) is 64.9 Å². The molecule has 166 valence electrons. The van der Waals surface area contributed by atoms with Crippen LogP contribution in [0.1, 0.15) is 13.3 Å². The number of ether oxygens (including phenoxy) is 2. The summed E-state index contributed by atoms with van der Waals surface area (Å²) in [4.78, 5) is 23.6. The summed E-state index contributed by atoms with van der Waals surface area (Å²) >= 11 is 1.51. The highest BCUT2D eigenvalue weighted by molar-refractivity contribution is 7.98. The van der Waals surface area contributed by atoms with Crippen LogP contribution < -0.4 is 5.32 Å². The Morgan fingerprint density at radius 3 is 1.86 bits per heavy atom. The van der Waals surface area contributed by atoms with Crippen molar-refractivity contribution in [1.82, 2.24) is 5.32 Å². The van der Waals surface area contributed by atoms with Crippen molar-refractivity contribution in [1.29, 1.82) is 0 Å². The Morgan fingerprint density at radius 1 is 0.929 bits per heavy atom. The molecule has 0 unspecified atom stereocenters. The van der Waals surface area contributed by atoms with Crippen molar-refractivity contribution in [3.63, 3.8) is 0 Å². The summed E-state index contributed by atoms with van der Waals surface area (Å²) in [7, 11) is 0. The number of aliphatic hydroxyl groups excluding tert-OH is 5. The van der Waals surface area contributed by atoms with Gasteiger partial charge in [-0.25, -0.2) is 4.79 Å². The zero-order valence-electron chi connectivity index (χ0n) is 16.4. The molecule has 0 aromatic heterocycles. The van der Waals surface area contributed by atoms with E-state index in [9.17, 15) is 35.1 Å². The van der Waals surface area contributed by atoms with Gasteiger partial charge in [0.15, 0.2) is 0 Å². The second-order valence-corrected chi connectivity index (χ2v) is 7.91. The molecule has 0 saturated carbocycles. The smallest absolute Gasteiger partial charge is 0.328 e. The van der Waals surface area contributed by atoms with Crippen LogP contribution in [0.5, 0.6) is 0 Å². The standard InChI is InChI=1S/C17H33NO9S/c1-13(24)18-14(3-4-28-2)15(25)27-12-17(8-22,9-23)11-26-10-16(5-19,6-20)7-21/h14,19-23H,3-12H2,1-2H3,(H,18,24)/t14-/m0/s1. The molecule has 0 saturated heterocycles. The molecule has 0 aliphatic carbocycles. The molecule has 11 heteroatoms. The molecule has 0 aliphatic heterocycles. The van der Waals surface area contributed by atoms with E-state index in [1.54, 1.807) is 0 Å². The first-order valence-electron chi connectivity index (χ1n) is 8.82. The van der Waals surface area contributed by atoms with E-state index in [1.807, 2.05) is 6.26 Å². The highest BCUT2D eigenvalue weighted by Crippen LogP contribution is 2.21. The second-order valence-electron chi connectivity index (χ2n) is 6.93. The first kappa shape index (κ1) is 27.0. The summed E-state index contributed by atoms with van der Waals surface area (Å²) in [5.41, 5.74) is -2.58. The first-order valence-corrected chi connectivity index (χ1v) is 10.2. The lowest BCUT2D eigenvalue weighted by atomic mass is 9.90. The van der Waals surface area contributed by atoms with Gasteiger partial charge in [0.2, 0.25) is 5.91 Å². The van der Waals surface area contributed by atoms with Crippen LogP contribution >= 0.6 is 11.8 Å². The lowest BCUT2D eigenvalue weighted by molar-refractivity contribution is -0.158. The van der Waals surface area contributed by atoms with Crippen molar-refractivity contribution < 1.29 is 44.6 Å². The maximum absolute atomic E-state index is 12.3. The third kappa shape index (κ3) is 9.03. The van der Waals surface area contributed by atoms with E-state index in [2.05, 4.69) is 5.32 Å². The Kier molecular flexibility index (Phi) is 13.6. The van der Waals surface area contributed by atoms with E-state index in [0.29, 0.717) is 12.2 Å². The molecular formula is C17H33NO9S. The lowest BCUT2D eigenvalue weighted by Gasteiger charge is -2.32. The van der Waals surface area contributed by atoms with Gasteiger partial charge in [-0.05, 0) is 18.4 Å². The molecule has 1 amide bonds. The normalized spacial score (nSPS) is 13.2. The van der Waals surface area contributed by atoms with E-state index in [-0.39, 0.29) is 25.7 Å². The summed E-state index contributed by atoms with van der Waals surface area (Å²) in [5.74, 6) is -0.443. The van der Waals surface area contributed by atoms with Crippen LogP contribution in [0.15, 0.2) is 0 Å². The zero-order chi connectivity index (χ0) is 21.6. The molecule has 10 nitrogen and oxygen atoms in total. The number of amides is 1. The third-order valence-corrected chi connectivity index (χ3v) is 4.93. The van der Waals surface area contributed by atoms with E-state index in [0.717, 1.165) is 0 Å². The Bertz CT molecular complexity index is 448. The number of carbonyl (C=O) groups is 2. The van der Waals surface area contributed by atoms with Crippen LogP contribution in [0.2, 0.25) is 0 Å². The van der Waals surface area contributed by atoms with Crippen LogP contribution in [0.25, 0.3) is 0 Å². The summed E-state index contributed by atoms with van der Waals surface area (Å²) in [6.07, 6.45) is 2.23. The number of rotatable bonds is 16. The second kappa shape index (κ2) is 14.1. The van der Waals surface area contributed by atoms with Crippen molar-refractivity contribution in [2.45, 2.75) is 19.4 Å². The molecule has 0 heterocycles. The lowest BCUT2D eigenvalue weighted by Crippen LogP contribution is -2.46. The Morgan fingerprint density at radius 2 is 1.43 bits per heavy atom. The van der Waals surface area contributed by atoms with Crippen molar-refractivity contribution in [3.05, 3.63) is 0 Å². The van der Waals surface area contributed by atoms with Gasteiger partial charge in [-0.3, -0.25) is 4.79 Å². The van der Waals surface area contributed by atoms with Crippen LogP contribution in [0.3, 0.4) is 0 Å². The van der Waals surface area contributed by atoms with E-state index >= 15 is 0 Å². The van der Waals surface area contributed by atoms with E-state index < -0.39 is 55.9 Å². The Labute approximate surface area is 169 Å². The number of esters is 1. The highest BCUT2D eigenvalue weighted by Gasteiger charge is 2.35. The van der Waals surface area contributed by atoms with Gasteiger partial charge in [-0.1, -0.05) is 0 Å². The largest absolute Gasteiger partial charge is 0.463 e. The molecule has 28 heavy (non-hydrogen) atoms. The fourth-order valence-electron chi connectivity index (χ4n) is 2.10. The van der Waals surface area contributed by atoms with Gasteiger partial charge in [-0.2, -0.15) is 11.8 Å². The molecule has 0 aliphatic rings. The Hall–Kier alpha value is -0.950. The Balaban J connectivity index is 4.88. The SMILES string of the molecule is CSCC[C@H](NC(C)=O)C(=O)OCC(CO)(CO)COCC(CO)(CO)CO. The molecule has 0 spiro atoms. The van der Waals surface area contributed by atoms with Crippen molar-refractivity contribution in [3.8, 4) is 0 Å². The summed E-state index contributed by atoms with van der Waals surface area (Å²) in [5, 5.41) is 49.7. The quantitative estimate of drug-likeness (QED) is 0.148. The van der Waals surface area contributed by atoms with Gasteiger partial charge < -0.3 is 40.3 Å². The molecule has 0 aromatic carbocycles. The van der Waals surface area contributed by atoms with Gasteiger partial charge >= 0.3 is 5.97 Å². The fourth-order valence-corrected chi connectivity index (χ4v) is 2.57. The molecule has 0 radical (unpaired) electrons. The zero-order valence-corrected chi connectivity index (χ0v) is 17.2. The van der Waals surface area contributed by atoms with Crippen LogP contribution in [0, 0.1) is 10.8 Å². The minimum absolute atomic E-state index is 0.228. The number of nitrogens with one attached hydrogen (secondary N) is 1. The average Bonchev–Trinajstić information content (AvgIpc) is 2.71. The summed E-state index contributed by atoms with van der Waals surface area (Å²) < 4.78 is 10.6. The third-order valence-electron chi connectivity index (χ3n) is 4.29. The van der Waals surface area contributed by atoms with Crippen LogP contribution in [-0.2, 0) is 19.1 Å². The van der Waals surface area contributed by atoms with Gasteiger partial charge in [0.05, 0.1) is 57.1 Å². The predicted octanol–water partition coefficient (Wildman–Crippen LogP) is -2.26. The number of hydrogen-bond acceptors (Lipinski definition) is 10. The maximum Gasteiger partial charge on any atom is 0.328 e. The number of aliphatic hydroxyl groups is 5. The molecule has 0 rings (SSSR count). The van der Waals surface area contributed by atoms with Gasteiger partial charge in [0.1, 0.15) is 12.6 Å². The highest BCUT2D eigenvalue weighted by atomic mass is 32.2. The predicted molar refractivity (Wildman–Crippen MR) is 103 cm³/mol. The minimum atomic E-state index is -1.32. The molecule has 0 fully saturated rings. The average molecular weight is 428 g/mol. The first-order chi connectivity index (χ1) is 13.3. The summed E-state index contributed by atoms with van der Waals surface area (Å²) in [6, 6.07) is -0.841. The maximum atomic E-state index is 12.3. The van der Waals surface area contributed by atoms with E-state index in [4.69, 9.17) is 9.47 Å². The number of carbonyl (C=O) groups excluding carboxylic acids is 2. The summed E-state index contributed by atoms with van der Waals surface area (Å²) in [6.45, 7) is -2.23. The van der Waals surface area contributed by atoms with Gasteiger partial charge in [0.25, 0.3) is 0 Å². The molecule has 0 bridgehead atoms. The number of hydrogen-bond donors (Lipinski definition) is 6. The minimum Gasteiger partial charge on any atom is -0.463 e. The fraction of sp³-hybridized carbons (Fsp3) is 0.882. The number of thioether (sulfide) groups is 1. The van der Waals surface area contributed by atoms with E-state index in [1.165, 1.54) is 18.7 Å². The topological polar surface area (TPSA) is 166 Å². The molecular weight excluding hydrogens is 394 g/mol. The van der Waals surface area contributed by atoms with Crippen LogP contribution in [0.4, 0.5) is 0 Å². The van der Waals surface area contributed by atoms with Gasteiger partial charge in [-0.15, -0.1) is 0 Å². The molecule has 1 atom stereocenters. The monoisotopic (exact) mass is 427 g/mol.